The van der Waals surface area contributed by atoms with Crippen molar-refractivity contribution in [2.24, 2.45) is 5.92 Å². The highest BCUT2D eigenvalue weighted by Gasteiger charge is 2.62. The summed E-state index contributed by atoms with van der Waals surface area (Å²) in [5.41, 5.74) is -2.30. The van der Waals surface area contributed by atoms with Gasteiger partial charge in [-0.2, -0.15) is 13.2 Å². The lowest BCUT2D eigenvalue weighted by Crippen LogP contribution is -2.15. The first-order valence-corrected chi connectivity index (χ1v) is 5.56. The highest BCUT2D eigenvalue weighted by molar-refractivity contribution is 5.90. The zero-order chi connectivity index (χ0) is 14.4. The summed E-state index contributed by atoms with van der Waals surface area (Å²) < 4.78 is 38.1. The summed E-state index contributed by atoms with van der Waals surface area (Å²) in [6, 6.07) is 2.46. The highest BCUT2D eigenvalue weighted by Crippen LogP contribution is 2.56. The summed E-state index contributed by atoms with van der Waals surface area (Å²) in [4.78, 5) is 14.5. The van der Waals surface area contributed by atoms with Crippen LogP contribution in [0.1, 0.15) is 34.8 Å². The summed E-state index contributed by atoms with van der Waals surface area (Å²) in [7, 11) is 0. The van der Waals surface area contributed by atoms with Gasteiger partial charge in [0, 0.05) is 12.3 Å². The van der Waals surface area contributed by atoms with Crippen molar-refractivity contribution in [3.8, 4) is 0 Å². The molecule has 1 N–H and O–H groups in total. The van der Waals surface area contributed by atoms with Gasteiger partial charge in [-0.3, -0.25) is 0 Å². The molecular formula is C13H10F3NO2. The molecule has 1 fully saturated rings. The van der Waals surface area contributed by atoms with Gasteiger partial charge in [-0.25, -0.2) is 11.4 Å². The molecule has 1 saturated carbocycles. The number of nitrogens with zero attached hydrogens (tertiary/aromatic N) is 1. The van der Waals surface area contributed by atoms with Crippen molar-refractivity contribution in [2.75, 3.05) is 0 Å². The van der Waals surface area contributed by atoms with E-state index in [2.05, 4.69) is 4.85 Å². The van der Waals surface area contributed by atoms with Crippen molar-refractivity contribution in [1.29, 1.82) is 0 Å². The van der Waals surface area contributed by atoms with Gasteiger partial charge in [0.1, 0.15) is 0 Å². The van der Waals surface area contributed by atoms with Gasteiger partial charge in [-0.15, -0.1) is 0 Å². The molecule has 3 nitrogen and oxygen atoms in total. The predicted molar refractivity (Wildman–Crippen MR) is 60.5 cm³/mol. The van der Waals surface area contributed by atoms with Crippen molar-refractivity contribution in [3.63, 3.8) is 0 Å². The van der Waals surface area contributed by atoms with Crippen LogP contribution in [0.2, 0.25) is 0 Å². The topological polar surface area (TPSA) is 41.7 Å². The first-order chi connectivity index (χ1) is 8.72. The molecule has 0 radical (unpaired) electrons. The van der Waals surface area contributed by atoms with Crippen molar-refractivity contribution in [3.05, 3.63) is 46.3 Å². The first kappa shape index (κ1) is 13.4. The number of halogens is 3. The number of hydrogen-bond acceptors (Lipinski definition) is 1. The van der Waals surface area contributed by atoms with Crippen molar-refractivity contribution in [2.45, 2.75) is 25.1 Å². The fourth-order valence-corrected chi connectivity index (χ4v) is 2.26. The molecule has 2 rings (SSSR count). The average molecular weight is 269 g/mol. The Hall–Kier alpha value is -2.03. The quantitative estimate of drug-likeness (QED) is 0.834. The molecule has 2 unspecified atom stereocenters. The normalized spacial score (nSPS) is 25.7. The van der Waals surface area contributed by atoms with Crippen molar-refractivity contribution < 1.29 is 23.1 Å². The van der Waals surface area contributed by atoms with E-state index in [1.807, 2.05) is 0 Å². The molecule has 100 valence electrons. The molecule has 0 heterocycles. The number of alkyl halides is 3. The lowest BCUT2D eigenvalue weighted by Gasteiger charge is -2.12. The molecular weight excluding hydrogens is 259 g/mol. The van der Waals surface area contributed by atoms with Crippen LogP contribution in [0.5, 0.6) is 0 Å². The molecule has 0 aromatic heterocycles. The number of benzene rings is 1. The second kappa shape index (κ2) is 3.98. The smallest absolute Gasteiger partial charge is 0.416 e. The lowest BCUT2D eigenvalue weighted by atomic mass is 9.94. The monoisotopic (exact) mass is 269 g/mol. The second-order valence-corrected chi connectivity index (χ2v) is 4.70. The maximum atomic E-state index is 12.7. The van der Waals surface area contributed by atoms with Crippen LogP contribution in [0, 0.1) is 12.5 Å². The molecule has 6 heteroatoms. The number of hydrogen-bond donors (Lipinski definition) is 1. The van der Waals surface area contributed by atoms with Gasteiger partial charge in [0.25, 0.3) is 5.54 Å². The van der Waals surface area contributed by atoms with E-state index in [9.17, 15) is 18.0 Å². The minimum atomic E-state index is -4.55. The minimum absolute atomic E-state index is 0.0303. The third kappa shape index (κ3) is 2.05. The Bertz CT molecular complexity index is 589. The van der Waals surface area contributed by atoms with Crippen LogP contribution in [0.4, 0.5) is 13.2 Å². The number of rotatable bonds is 2. The van der Waals surface area contributed by atoms with E-state index in [4.69, 9.17) is 11.7 Å². The van der Waals surface area contributed by atoms with Crippen LogP contribution in [0.15, 0.2) is 18.2 Å². The Labute approximate surface area is 107 Å². The Kier molecular flexibility index (Phi) is 2.81. The number of carbonyl (C=O) groups is 1. The van der Waals surface area contributed by atoms with Crippen LogP contribution in [0.3, 0.4) is 0 Å². The van der Waals surface area contributed by atoms with Gasteiger partial charge >= 0.3 is 12.1 Å². The fourth-order valence-electron chi connectivity index (χ4n) is 2.26. The molecule has 1 aromatic carbocycles. The molecule has 1 aliphatic carbocycles. The van der Waals surface area contributed by atoms with E-state index in [0.717, 1.165) is 18.2 Å². The van der Waals surface area contributed by atoms with E-state index in [1.54, 1.807) is 6.92 Å². The Morgan fingerprint density at radius 1 is 1.53 bits per heavy atom. The van der Waals surface area contributed by atoms with E-state index < -0.39 is 23.2 Å². The van der Waals surface area contributed by atoms with Gasteiger partial charge in [0.15, 0.2) is 0 Å². The largest absolute Gasteiger partial charge is 0.478 e. The van der Waals surface area contributed by atoms with Crippen LogP contribution < -0.4 is 0 Å². The Morgan fingerprint density at radius 3 is 2.47 bits per heavy atom. The summed E-state index contributed by atoms with van der Waals surface area (Å²) in [6.45, 7) is 8.88. The van der Waals surface area contributed by atoms with Crippen LogP contribution in [-0.2, 0) is 11.7 Å². The summed E-state index contributed by atoms with van der Waals surface area (Å²) in [5.74, 6) is -1.45. The van der Waals surface area contributed by atoms with Gasteiger partial charge < -0.3 is 9.95 Å². The second-order valence-electron chi connectivity index (χ2n) is 4.70. The van der Waals surface area contributed by atoms with Crippen molar-refractivity contribution >= 4 is 5.97 Å². The Morgan fingerprint density at radius 2 is 2.11 bits per heavy atom. The molecule has 1 aliphatic rings. The minimum Gasteiger partial charge on any atom is -0.478 e. The standard InChI is InChI=1S/C13H10F3NO2/c1-7-6-12(7,17-2)10-5-8(13(14,15)16)3-4-9(10)11(18)19/h3-5,7H,6H2,1H3,(H,18,19). The maximum absolute atomic E-state index is 12.7. The molecule has 19 heavy (non-hydrogen) atoms. The van der Waals surface area contributed by atoms with E-state index in [1.165, 1.54) is 0 Å². The summed E-state index contributed by atoms with van der Waals surface area (Å²) in [6.07, 6.45) is -4.16. The number of carboxylic acids is 1. The number of carboxylic acid groups (broad SMARTS) is 1. The van der Waals surface area contributed by atoms with Crippen molar-refractivity contribution in [1.82, 2.24) is 0 Å². The van der Waals surface area contributed by atoms with Crippen LogP contribution >= 0.6 is 0 Å². The summed E-state index contributed by atoms with van der Waals surface area (Å²) >= 11 is 0. The molecule has 0 amide bonds. The molecule has 1 aromatic rings. The molecule has 2 atom stereocenters. The third-order valence-electron chi connectivity index (χ3n) is 3.52. The van der Waals surface area contributed by atoms with E-state index in [-0.39, 0.29) is 17.0 Å². The van der Waals surface area contributed by atoms with Crippen LogP contribution in [0.25, 0.3) is 4.85 Å². The molecule has 0 bridgehead atoms. The van der Waals surface area contributed by atoms with Gasteiger partial charge in [-0.1, -0.05) is 6.92 Å². The van der Waals surface area contributed by atoms with Crippen LogP contribution in [-0.4, -0.2) is 11.1 Å². The van der Waals surface area contributed by atoms with E-state index in [0.29, 0.717) is 6.42 Å². The average Bonchev–Trinajstić information content (AvgIpc) is 2.99. The first-order valence-electron chi connectivity index (χ1n) is 5.56. The molecule has 0 aliphatic heterocycles. The predicted octanol–water partition coefficient (Wildman–Crippen LogP) is 3.56. The van der Waals surface area contributed by atoms with Gasteiger partial charge in [0.2, 0.25) is 0 Å². The zero-order valence-corrected chi connectivity index (χ0v) is 9.95. The Balaban J connectivity index is 2.63. The highest BCUT2D eigenvalue weighted by atomic mass is 19.4. The van der Waals surface area contributed by atoms with Gasteiger partial charge in [-0.05, 0) is 18.2 Å². The molecule has 0 saturated heterocycles. The zero-order valence-electron chi connectivity index (χ0n) is 9.95. The van der Waals surface area contributed by atoms with E-state index >= 15 is 0 Å². The van der Waals surface area contributed by atoms with Gasteiger partial charge in [0.05, 0.1) is 16.7 Å². The maximum Gasteiger partial charge on any atom is 0.416 e. The third-order valence-corrected chi connectivity index (χ3v) is 3.52. The summed E-state index contributed by atoms with van der Waals surface area (Å²) in [5, 5.41) is 9.05. The SMILES string of the molecule is [C-]#[N+]C1(c2cc(C(F)(F)F)ccc2C(=O)O)CC1C. The lowest BCUT2D eigenvalue weighted by molar-refractivity contribution is -0.137. The fraction of sp³-hybridized carbons (Fsp3) is 0.385. The number of aromatic carboxylic acids is 1. The molecule has 0 spiro atoms.